The number of hydrogen-bond donors (Lipinski definition) is 2. The number of benzene rings is 1. The average Bonchev–Trinajstić information content (AvgIpc) is 2.35. The van der Waals surface area contributed by atoms with Crippen molar-refractivity contribution in [1.82, 2.24) is 5.32 Å². The van der Waals surface area contributed by atoms with Crippen LogP contribution in [-0.4, -0.2) is 17.9 Å². The number of nitrogens with one attached hydrogen (secondary N) is 1. The third-order valence-electron chi connectivity index (χ3n) is 2.33. The first-order valence-corrected chi connectivity index (χ1v) is 5.18. The van der Waals surface area contributed by atoms with Gasteiger partial charge in [-0.25, -0.2) is 0 Å². The number of nitrogens with zero attached hydrogens (tertiary/aromatic N) is 1. The fourth-order valence-electron chi connectivity index (χ4n) is 1.31. The predicted molar refractivity (Wildman–Crippen MR) is 61.9 cm³/mol. The molecule has 5 nitrogen and oxygen atoms in total. The van der Waals surface area contributed by atoms with E-state index in [1.54, 1.807) is 19.1 Å². The van der Waals surface area contributed by atoms with Gasteiger partial charge in [-0.2, -0.15) is 5.26 Å². The number of carbonyl (C=O) groups is 2. The summed E-state index contributed by atoms with van der Waals surface area (Å²) in [5.41, 5.74) is 5.99. The zero-order valence-electron chi connectivity index (χ0n) is 9.43. The van der Waals surface area contributed by atoms with Crippen LogP contribution in [0.25, 0.3) is 0 Å². The molecule has 88 valence electrons. The lowest BCUT2D eigenvalue weighted by atomic mass is 10.1. The van der Waals surface area contributed by atoms with E-state index < -0.39 is 11.9 Å². The molecule has 1 atom stereocenters. The molecule has 2 amide bonds. The number of primary amides is 1. The Hall–Kier alpha value is -2.35. The lowest BCUT2D eigenvalue weighted by Gasteiger charge is -2.12. The molecule has 0 heterocycles. The van der Waals surface area contributed by atoms with Gasteiger partial charge in [-0.3, -0.25) is 9.59 Å². The number of nitrogens with two attached hydrogens (primary N) is 1. The molecule has 17 heavy (non-hydrogen) atoms. The van der Waals surface area contributed by atoms with Crippen molar-refractivity contribution in [2.45, 2.75) is 19.4 Å². The summed E-state index contributed by atoms with van der Waals surface area (Å²) in [6, 6.07) is 7.43. The van der Waals surface area contributed by atoms with Gasteiger partial charge in [-0.1, -0.05) is 6.92 Å². The van der Waals surface area contributed by atoms with Gasteiger partial charge in [0.15, 0.2) is 0 Å². The van der Waals surface area contributed by atoms with Crippen LogP contribution >= 0.6 is 0 Å². The van der Waals surface area contributed by atoms with Crippen LogP contribution in [0.3, 0.4) is 0 Å². The van der Waals surface area contributed by atoms with Crippen LogP contribution in [0, 0.1) is 11.3 Å². The highest BCUT2D eigenvalue weighted by atomic mass is 16.2. The van der Waals surface area contributed by atoms with E-state index in [9.17, 15) is 9.59 Å². The topological polar surface area (TPSA) is 96.0 Å². The van der Waals surface area contributed by atoms with Crippen molar-refractivity contribution >= 4 is 11.8 Å². The molecule has 0 saturated heterocycles. The van der Waals surface area contributed by atoms with Gasteiger partial charge in [0.2, 0.25) is 5.91 Å². The van der Waals surface area contributed by atoms with E-state index >= 15 is 0 Å². The van der Waals surface area contributed by atoms with E-state index in [0.29, 0.717) is 17.5 Å². The Morgan fingerprint density at radius 3 is 2.41 bits per heavy atom. The van der Waals surface area contributed by atoms with E-state index in [1.165, 1.54) is 12.1 Å². The second-order valence-electron chi connectivity index (χ2n) is 3.53. The quantitative estimate of drug-likeness (QED) is 0.792. The molecule has 0 fully saturated rings. The highest BCUT2D eigenvalue weighted by Crippen LogP contribution is 2.04. The fraction of sp³-hybridized carbons (Fsp3) is 0.250. The van der Waals surface area contributed by atoms with Crippen molar-refractivity contribution < 1.29 is 9.59 Å². The number of rotatable bonds is 4. The second kappa shape index (κ2) is 5.66. The number of hydrogen-bond acceptors (Lipinski definition) is 3. The predicted octanol–water partition coefficient (Wildman–Crippen LogP) is 0.552. The molecule has 1 aromatic rings. The summed E-state index contributed by atoms with van der Waals surface area (Å²) in [6.45, 7) is 1.76. The third kappa shape index (κ3) is 3.31. The van der Waals surface area contributed by atoms with Gasteiger partial charge in [-0.05, 0) is 30.7 Å². The average molecular weight is 231 g/mol. The fourth-order valence-corrected chi connectivity index (χ4v) is 1.31. The van der Waals surface area contributed by atoms with Gasteiger partial charge in [0, 0.05) is 5.56 Å². The molecule has 1 aromatic carbocycles. The molecular formula is C12H13N3O2. The van der Waals surface area contributed by atoms with Gasteiger partial charge < -0.3 is 11.1 Å². The van der Waals surface area contributed by atoms with Crippen molar-refractivity contribution in [3.63, 3.8) is 0 Å². The Kier molecular flexibility index (Phi) is 4.23. The maximum Gasteiger partial charge on any atom is 0.251 e. The third-order valence-corrected chi connectivity index (χ3v) is 2.33. The summed E-state index contributed by atoms with van der Waals surface area (Å²) < 4.78 is 0. The molecule has 0 unspecified atom stereocenters. The Balaban J connectivity index is 2.76. The molecule has 5 heteroatoms. The zero-order chi connectivity index (χ0) is 12.8. The Bertz CT molecular complexity index is 460. The van der Waals surface area contributed by atoms with Crippen LogP contribution in [0.15, 0.2) is 24.3 Å². The first-order chi connectivity index (χ1) is 8.08. The normalized spacial score (nSPS) is 11.3. The van der Waals surface area contributed by atoms with Crippen LogP contribution in [0.5, 0.6) is 0 Å². The van der Waals surface area contributed by atoms with Crippen molar-refractivity contribution in [3.05, 3.63) is 35.4 Å². The number of nitriles is 1. The van der Waals surface area contributed by atoms with Crippen LogP contribution in [0.1, 0.15) is 29.3 Å². The first-order valence-electron chi connectivity index (χ1n) is 5.18. The second-order valence-corrected chi connectivity index (χ2v) is 3.53. The Labute approximate surface area is 99.2 Å². The lowest BCUT2D eigenvalue weighted by molar-refractivity contribution is -0.119. The SMILES string of the molecule is CC[C@H](NC(=O)c1ccc(C#N)cc1)C(N)=O. The molecule has 0 aliphatic carbocycles. The molecule has 0 aliphatic rings. The molecule has 0 saturated carbocycles. The zero-order valence-corrected chi connectivity index (χ0v) is 9.43. The minimum absolute atomic E-state index is 0.375. The molecule has 0 spiro atoms. The molecule has 0 bridgehead atoms. The standard InChI is InChI=1S/C12H13N3O2/c1-2-10(11(14)16)15-12(17)9-5-3-8(7-13)4-6-9/h3-6,10H,2H2,1H3,(H2,14,16)(H,15,17)/t10-/m0/s1. The summed E-state index contributed by atoms with van der Waals surface area (Å²) in [5, 5.41) is 11.1. The maximum atomic E-state index is 11.7. The summed E-state index contributed by atoms with van der Waals surface area (Å²) >= 11 is 0. The van der Waals surface area contributed by atoms with Gasteiger partial charge in [-0.15, -0.1) is 0 Å². The lowest BCUT2D eigenvalue weighted by Crippen LogP contribution is -2.43. The minimum Gasteiger partial charge on any atom is -0.368 e. The van der Waals surface area contributed by atoms with Gasteiger partial charge >= 0.3 is 0 Å². The van der Waals surface area contributed by atoms with E-state index in [-0.39, 0.29) is 5.91 Å². The maximum absolute atomic E-state index is 11.7. The first kappa shape index (κ1) is 12.7. The summed E-state index contributed by atoms with van der Waals surface area (Å²) in [4.78, 5) is 22.7. The largest absolute Gasteiger partial charge is 0.368 e. The van der Waals surface area contributed by atoms with Crippen molar-refractivity contribution in [2.75, 3.05) is 0 Å². The minimum atomic E-state index is -0.668. The highest BCUT2D eigenvalue weighted by molar-refractivity contribution is 5.97. The van der Waals surface area contributed by atoms with Crippen molar-refractivity contribution in [3.8, 4) is 6.07 Å². The van der Waals surface area contributed by atoms with E-state index in [2.05, 4.69) is 5.32 Å². The van der Waals surface area contributed by atoms with Crippen molar-refractivity contribution in [2.24, 2.45) is 5.73 Å². The molecule has 1 rings (SSSR count). The Morgan fingerprint density at radius 1 is 1.41 bits per heavy atom. The summed E-state index contributed by atoms with van der Waals surface area (Å²) in [7, 11) is 0. The summed E-state index contributed by atoms with van der Waals surface area (Å²) in [6.07, 6.45) is 0.442. The van der Waals surface area contributed by atoms with Crippen LogP contribution in [-0.2, 0) is 4.79 Å². The highest BCUT2D eigenvalue weighted by Gasteiger charge is 2.16. The van der Waals surface area contributed by atoms with E-state index in [1.807, 2.05) is 6.07 Å². The van der Waals surface area contributed by atoms with Crippen LogP contribution in [0.2, 0.25) is 0 Å². The molecule has 0 aliphatic heterocycles. The van der Waals surface area contributed by atoms with E-state index in [4.69, 9.17) is 11.0 Å². The molecule has 0 aromatic heterocycles. The number of carbonyl (C=O) groups excluding carboxylic acids is 2. The number of amides is 2. The van der Waals surface area contributed by atoms with Crippen molar-refractivity contribution in [1.29, 1.82) is 5.26 Å². The van der Waals surface area contributed by atoms with E-state index in [0.717, 1.165) is 0 Å². The van der Waals surface area contributed by atoms with Gasteiger partial charge in [0.05, 0.1) is 11.6 Å². The van der Waals surface area contributed by atoms with Crippen LogP contribution < -0.4 is 11.1 Å². The summed E-state index contributed by atoms with van der Waals surface area (Å²) in [5.74, 6) is -0.936. The molecule has 0 radical (unpaired) electrons. The van der Waals surface area contributed by atoms with Crippen LogP contribution in [0.4, 0.5) is 0 Å². The smallest absolute Gasteiger partial charge is 0.251 e. The Morgan fingerprint density at radius 2 is 2.00 bits per heavy atom. The van der Waals surface area contributed by atoms with Gasteiger partial charge in [0.25, 0.3) is 5.91 Å². The molecule has 3 N–H and O–H groups in total. The molecular weight excluding hydrogens is 218 g/mol. The monoisotopic (exact) mass is 231 g/mol. The van der Waals surface area contributed by atoms with Gasteiger partial charge in [0.1, 0.15) is 6.04 Å².